The molecule has 13 heavy (non-hydrogen) atoms. The van der Waals surface area contributed by atoms with Crippen molar-refractivity contribution in [3.8, 4) is 6.07 Å². The zero-order valence-electron chi connectivity index (χ0n) is 7.05. The Morgan fingerprint density at radius 1 is 1.54 bits per heavy atom. The van der Waals surface area contributed by atoms with Crippen LogP contribution in [0.2, 0.25) is 0 Å². The van der Waals surface area contributed by atoms with Crippen LogP contribution in [0, 0.1) is 11.3 Å². The molecule has 3 heteroatoms. The average molecular weight is 237 g/mol. The Hall–Kier alpha value is -1.01. The molecule has 1 aliphatic rings. The Morgan fingerprint density at radius 2 is 2.38 bits per heavy atom. The minimum Gasteiger partial charge on any atom is -0.385 e. The van der Waals surface area contributed by atoms with Gasteiger partial charge in [0.2, 0.25) is 0 Å². The molecular weight excluding hydrogens is 228 g/mol. The Kier molecular flexibility index (Phi) is 2.24. The van der Waals surface area contributed by atoms with Gasteiger partial charge in [0, 0.05) is 16.7 Å². The lowest BCUT2D eigenvalue weighted by Crippen LogP contribution is -2.15. The smallest absolute Gasteiger partial charge is 0.0749 e. The van der Waals surface area contributed by atoms with E-state index in [0.29, 0.717) is 0 Å². The highest BCUT2D eigenvalue weighted by atomic mass is 79.9. The van der Waals surface area contributed by atoms with E-state index in [1.165, 1.54) is 0 Å². The number of benzene rings is 1. The standard InChI is InChI=1S/C10H9BrN2/c11-8-1-2-10-9(5-8)7(6-12)3-4-13-10/h1-2,5,7,13H,3-4H2. The van der Waals surface area contributed by atoms with Crippen molar-refractivity contribution < 1.29 is 0 Å². The molecule has 0 spiro atoms. The van der Waals surface area contributed by atoms with Crippen molar-refractivity contribution in [2.24, 2.45) is 0 Å². The maximum atomic E-state index is 8.94. The number of nitriles is 1. The summed E-state index contributed by atoms with van der Waals surface area (Å²) in [5.41, 5.74) is 2.21. The third-order valence-electron chi connectivity index (χ3n) is 2.29. The summed E-state index contributed by atoms with van der Waals surface area (Å²) in [6, 6.07) is 8.36. The van der Waals surface area contributed by atoms with Crippen LogP contribution < -0.4 is 5.32 Å². The molecule has 66 valence electrons. The first-order valence-electron chi connectivity index (χ1n) is 4.24. The maximum Gasteiger partial charge on any atom is 0.0749 e. The largest absolute Gasteiger partial charge is 0.385 e. The van der Waals surface area contributed by atoms with E-state index in [1.54, 1.807) is 0 Å². The number of anilines is 1. The fraction of sp³-hybridized carbons (Fsp3) is 0.300. The van der Waals surface area contributed by atoms with Gasteiger partial charge in [-0.25, -0.2) is 0 Å². The Morgan fingerprint density at radius 3 is 3.15 bits per heavy atom. The summed E-state index contributed by atoms with van der Waals surface area (Å²) in [5.74, 6) is 0.0498. The molecule has 1 N–H and O–H groups in total. The van der Waals surface area contributed by atoms with Crippen LogP contribution >= 0.6 is 15.9 Å². The molecule has 1 heterocycles. The van der Waals surface area contributed by atoms with Crippen molar-refractivity contribution >= 4 is 21.6 Å². The molecule has 0 bridgehead atoms. The molecule has 1 aromatic rings. The first-order chi connectivity index (χ1) is 6.31. The quantitative estimate of drug-likeness (QED) is 0.753. The van der Waals surface area contributed by atoms with Crippen molar-refractivity contribution in [2.75, 3.05) is 11.9 Å². The number of halogens is 1. The number of fused-ring (bicyclic) bond motifs is 1. The van der Waals surface area contributed by atoms with E-state index in [-0.39, 0.29) is 5.92 Å². The van der Waals surface area contributed by atoms with Gasteiger partial charge in [0.1, 0.15) is 0 Å². The van der Waals surface area contributed by atoms with Gasteiger partial charge in [-0.3, -0.25) is 0 Å². The summed E-state index contributed by atoms with van der Waals surface area (Å²) in [6.07, 6.45) is 0.903. The molecule has 1 aliphatic heterocycles. The molecule has 0 amide bonds. The van der Waals surface area contributed by atoms with Crippen LogP contribution in [0.5, 0.6) is 0 Å². The van der Waals surface area contributed by atoms with Crippen molar-refractivity contribution in [2.45, 2.75) is 12.3 Å². The van der Waals surface area contributed by atoms with Crippen LogP contribution in [0.25, 0.3) is 0 Å². The van der Waals surface area contributed by atoms with E-state index in [4.69, 9.17) is 5.26 Å². The third kappa shape index (κ3) is 1.54. The minimum atomic E-state index is 0.0498. The zero-order chi connectivity index (χ0) is 9.26. The monoisotopic (exact) mass is 236 g/mol. The van der Waals surface area contributed by atoms with Crippen LogP contribution in [-0.2, 0) is 0 Å². The average Bonchev–Trinajstić information content (AvgIpc) is 2.17. The van der Waals surface area contributed by atoms with E-state index in [9.17, 15) is 0 Å². The number of rotatable bonds is 0. The van der Waals surface area contributed by atoms with E-state index in [1.807, 2.05) is 18.2 Å². The molecule has 0 fully saturated rings. The van der Waals surface area contributed by atoms with E-state index >= 15 is 0 Å². The van der Waals surface area contributed by atoms with Crippen molar-refractivity contribution in [1.82, 2.24) is 0 Å². The Bertz CT molecular complexity index is 368. The van der Waals surface area contributed by atoms with Gasteiger partial charge in [-0.1, -0.05) is 15.9 Å². The summed E-state index contributed by atoms with van der Waals surface area (Å²) in [5, 5.41) is 12.2. The van der Waals surface area contributed by atoms with Crippen LogP contribution in [0.15, 0.2) is 22.7 Å². The Balaban J connectivity index is 2.49. The van der Waals surface area contributed by atoms with Crippen LogP contribution in [0.1, 0.15) is 17.9 Å². The molecule has 1 unspecified atom stereocenters. The van der Waals surface area contributed by atoms with Gasteiger partial charge >= 0.3 is 0 Å². The summed E-state index contributed by atoms with van der Waals surface area (Å²) in [6.45, 7) is 0.896. The fourth-order valence-electron chi connectivity index (χ4n) is 1.62. The molecule has 0 radical (unpaired) electrons. The zero-order valence-corrected chi connectivity index (χ0v) is 8.63. The van der Waals surface area contributed by atoms with Gasteiger partial charge in [-0.05, 0) is 30.2 Å². The van der Waals surface area contributed by atoms with E-state index in [0.717, 1.165) is 28.7 Å². The maximum absolute atomic E-state index is 8.94. The molecule has 1 aromatic carbocycles. The normalized spacial score (nSPS) is 19.8. The summed E-state index contributed by atoms with van der Waals surface area (Å²) in [4.78, 5) is 0. The predicted molar refractivity (Wildman–Crippen MR) is 55.6 cm³/mol. The first-order valence-corrected chi connectivity index (χ1v) is 5.03. The van der Waals surface area contributed by atoms with Crippen molar-refractivity contribution in [1.29, 1.82) is 5.26 Å². The van der Waals surface area contributed by atoms with Crippen molar-refractivity contribution in [3.63, 3.8) is 0 Å². The number of nitrogens with zero attached hydrogens (tertiary/aromatic N) is 1. The van der Waals surface area contributed by atoms with Crippen LogP contribution in [0.3, 0.4) is 0 Å². The molecule has 0 saturated carbocycles. The highest BCUT2D eigenvalue weighted by Crippen LogP contribution is 2.32. The number of nitrogens with one attached hydrogen (secondary N) is 1. The molecule has 2 rings (SSSR count). The van der Waals surface area contributed by atoms with E-state index in [2.05, 4.69) is 27.3 Å². The van der Waals surface area contributed by atoms with Crippen LogP contribution in [0.4, 0.5) is 5.69 Å². The van der Waals surface area contributed by atoms with Gasteiger partial charge in [-0.2, -0.15) is 5.26 Å². The lowest BCUT2D eigenvalue weighted by atomic mass is 9.92. The van der Waals surface area contributed by atoms with Crippen molar-refractivity contribution in [3.05, 3.63) is 28.2 Å². The summed E-state index contributed by atoms with van der Waals surface area (Å²) >= 11 is 3.41. The SMILES string of the molecule is N#CC1CCNc2ccc(Br)cc21. The third-order valence-corrected chi connectivity index (χ3v) is 2.79. The topological polar surface area (TPSA) is 35.8 Å². The van der Waals surface area contributed by atoms with Gasteiger partial charge in [-0.15, -0.1) is 0 Å². The van der Waals surface area contributed by atoms with Gasteiger partial charge in [0.15, 0.2) is 0 Å². The Labute approximate surface area is 85.7 Å². The van der Waals surface area contributed by atoms with Gasteiger partial charge in [0.05, 0.1) is 12.0 Å². The lowest BCUT2D eigenvalue weighted by Gasteiger charge is -2.21. The number of hydrogen-bond donors (Lipinski definition) is 1. The van der Waals surface area contributed by atoms with Gasteiger partial charge in [0.25, 0.3) is 0 Å². The predicted octanol–water partition coefficient (Wildman–Crippen LogP) is 2.87. The highest BCUT2D eigenvalue weighted by molar-refractivity contribution is 9.10. The van der Waals surface area contributed by atoms with E-state index < -0.39 is 0 Å². The lowest BCUT2D eigenvalue weighted by molar-refractivity contribution is 0.752. The first kappa shape index (κ1) is 8.58. The van der Waals surface area contributed by atoms with Crippen LogP contribution in [-0.4, -0.2) is 6.54 Å². The second-order valence-electron chi connectivity index (χ2n) is 3.13. The van der Waals surface area contributed by atoms with Gasteiger partial charge < -0.3 is 5.32 Å². The minimum absolute atomic E-state index is 0.0498. The molecule has 2 nitrogen and oxygen atoms in total. The molecule has 1 atom stereocenters. The highest BCUT2D eigenvalue weighted by Gasteiger charge is 2.19. The molecule has 0 aliphatic carbocycles. The summed E-state index contributed by atoms with van der Waals surface area (Å²) in [7, 11) is 0. The summed E-state index contributed by atoms with van der Waals surface area (Å²) < 4.78 is 1.04. The second kappa shape index (κ2) is 3.39. The molecule has 0 saturated heterocycles. The molecule has 0 aromatic heterocycles. The number of hydrogen-bond acceptors (Lipinski definition) is 2. The fourth-order valence-corrected chi connectivity index (χ4v) is 2.00. The molecular formula is C10H9BrN2. The second-order valence-corrected chi connectivity index (χ2v) is 4.04.